The van der Waals surface area contributed by atoms with E-state index in [0.29, 0.717) is 11.3 Å². The summed E-state index contributed by atoms with van der Waals surface area (Å²) in [6, 6.07) is 11.9. The van der Waals surface area contributed by atoms with Gasteiger partial charge in [-0.2, -0.15) is 0 Å². The molecule has 1 amide bonds. The molecule has 0 fully saturated rings. The van der Waals surface area contributed by atoms with Crippen LogP contribution in [0.25, 0.3) is 0 Å². The van der Waals surface area contributed by atoms with Crippen LogP contribution in [0.1, 0.15) is 23.7 Å². The fraction of sp³-hybridized carbons (Fsp3) is 0.263. The van der Waals surface area contributed by atoms with E-state index in [2.05, 4.69) is 4.72 Å². The van der Waals surface area contributed by atoms with E-state index in [-0.39, 0.29) is 30.3 Å². The fourth-order valence-electron chi connectivity index (χ4n) is 3.08. The molecule has 0 aliphatic carbocycles. The van der Waals surface area contributed by atoms with Crippen molar-refractivity contribution in [2.45, 2.75) is 13.3 Å². The maximum absolute atomic E-state index is 13.2. The highest BCUT2D eigenvalue weighted by atomic mass is 32.2. The van der Waals surface area contributed by atoms with Gasteiger partial charge in [-0.1, -0.05) is 25.1 Å². The Morgan fingerprint density at radius 1 is 1.22 bits per heavy atom. The van der Waals surface area contributed by atoms with Gasteiger partial charge in [-0.15, -0.1) is 0 Å². The molecular formula is C19H19FN2O4S. The van der Waals surface area contributed by atoms with Gasteiger partial charge in [0, 0.05) is 18.5 Å². The van der Waals surface area contributed by atoms with Gasteiger partial charge < -0.3 is 4.90 Å². The Morgan fingerprint density at radius 2 is 1.96 bits per heavy atom. The summed E-state index contributed by atoms with van der Waals surface area (Å²) in [5.74, 6) is -2.26. The predicted octanol–water partition coefficient (Wildman–Crippen LogP) is 2.82. The molecule has 0 saturated carbocycles. The second-order valence-electron chi connectivity index (χ2n) is 6.48. The Kier molecular flexibility index (Phi) is 5.27. The number of ketones is 1. The van der Waals surface area contributed by atoms with Gasteiger partial charge in [-0.05, 0) is 30.3 Å². The van der Waals surface area contributed by atoms with E-state index in [1.54, 1.807) is 24.3 Å². The fourth-order valence-corrected chi connectivity index (χ4v) is 4.45. The molecule has 0 aromatic heterocycles. The Balaban J connectivity index is 1.74. The molecule has 0 bridgehead atoms. The summed E-state index contributed by atoms with van der Waals surface area (Å²) in [6.07, 6.45) is 0.198. The molecule has 0 radical (unpaired) electrons. The number of hydrogen-bond donors (Lipinski definition) is 1. The smallest absolute Gasteiger partial charge is 0.233 e. The van der Waals surface area contributed by atoms with Gasteiger partial charge in [0.15, 0.2) is 5.78 Å². The third-order valence-corrected chi connectivity index (χ3v) is 5.80. The molecule has 8 heteroatoms. The molecule has 1 N–H and O–H groups in total. The third-order valence-electron chi connectivity index (χ3n) is 4.31. The molecule has 0 spiro atoms. The van der Waals surface area contributed by atoms with Gasteiger partial charge in [0.25, 0.3) is 0 Å². The molecular weight excluding hydrogens is 371 g/mol. The van der Waals surface area contributed by atoms with Crippen LogP contribution in [0, 0.1) is 11.7 Å². The monoisotopic (exact) mass is 390 g/mol. The largest absolute Gasteiger partial charge is 0.311 e. The molecule has 142 valence electrons. The van der Waals surface area contributed by atoms with Gasteiger partial charge >= 0.3 is 0 Å². The van der Waals surface area contributed by atoms with Crippen LogP contribution in [0.4, 0.5) is 15.8 Å². The molecule has 2 aromatic carbocycles. The zero-order chi connectivity index (χ0) is 19.6. The number of sulfonamides is 1. The molecule has 1 aliphatic heterocycles. The zero-order valence-electron chi connectivity index (χ0n) is 14.7. The number of halogens is 1. The molecule has 2 aromatic rings. The highest BCUT2D eigenvalue weighted by Gasteiger charge is 2.31. The van der Waals surface area contributed by atoms with Crippen molar-refractivity contribution in [3.8, 4) is 0 Å². The number of Topliss-reactive ketones (excluding diaryl/α,β-unsaturated/α-hetero) is 1. The first kappa shape index (κ1) is 19.0. The van der Waals surface area contributed by atoms with Crippen LogP contribution < -0.4 is 9.62 Å². The van der Waals surface area contributed by atoms with Gasteiger partial charge in [0.05, 0.1) is 23.0 Å². The minimum atomic E-state index is -3.85. The van der Waals surface area contributed by atoms with Crippen molar-refractivity contribution in [2.24, 2.45) is 5.92 Å². The SMILES string of the molecule is CC(CS(=O)(=O)Nc1cccc(F)c1)C(=O)N1CCC(=O)c2ccccc21. The summed E-state index contributed by atoms with van der Waals surface area (Å²) < 4.78 is 40.2. The quantitative estimate of drug-likeness (QED) is 0.851. The van der Waals surface area contributed by atoms with Crippen molar-refractivity contribution < 1.29 is 22.4 Å². The standard InChI is InChI=1S/C19H19FN2O4S/c1-13(12-27(25,26)21-15-6-4-5-14(20)11-15)19(24)22-10-9-18(23)16-7-2-3-8-17(16)22/h2-8,11,13,21H,9-10,12H2,1H3. The minimum Gasteiger partial charge on any atom is -0.311 e. The van der Waals surface area contributed by atoms with Gasteiger partial charge in [-0.3, -0.25) is 14.3 Å². The molecule has 1 heterocycles. The Hall–Kier alpha value is -2.74. The van der Waals surface area contributed by atoms with E-state index in [1.165, 1.54) is 30.0 Å². The molecule has 3 rings (SSSR count). The van der Waals surface area contributed by atoms with Crippen LogP contribution in [0.15, 0.2) is 48.5 Å². The van der Waals surface area contributed by atoms with Crippen LogP contribution in [-0.4, -0.2) is 32.4 Å². The molecule has 27 heavy (non-hydrogen) atoms. The first-order valence-corrected chi connectivity index (χ1v) is 10.1. The zero-order valence-corrected chi connectivity index (χ0v) is 15.5. The summed E-state index contributed by atoms with van der Waals surface area (Å²) in [4.78, 5) is 26.3. The minimum absolute atomic E-state index is 0.0392. The number of benzene rings is 2. The van der Waals surface area contributed by atoms with E-state index in [9.17, 15) is 22.4 Å². The van der Waals surface area contributed by atoms with Crippen LogP contribution in [0.2, 0.25) is 0 Å². The first-order valence-electron chi connectivity index (χ1n) is 8.46. The van der Waals surface area contributed by atoms with Crippen LogP contribution in [0.5, 0.6) is 0 Å². The maximum Gasteiger partial charge on any atom is 0.233 e. The van der Waals surface area contributed by atoms with E-state index in [0.717, 1.165) is 6.07 Å². The lowest BCUT2D eigenvalue weighted by Gasteiger charge is -2.30. The first-order chi connectivity index (χ1) is 12.8. The Morgan fingerprint density at radius 3 is 2.70 bits per heavy atom. The normalized spacial score (nSPS) is 15.2. The number of carbonyl (C=O) groups is 2. The van der Waals surface area contributed by atoms with Crippen molar-refractivity contribution in [3.63, 3.8) is 0 Å². The highest BCUT2D eigenvalue weighted by Crippen LogP contribution is 2.28. The summed E-state index contributed by atoms with van der Waals surface area (Å²) in [5.41, 5.74) is 1.06. The van der Waals surface area contributed by atoms with Crippen molar-refractivity contribution in [3.05, 3.63) is 59.9 Å². The molecule has 1 atom stereocenters. The lowest BCUT2D eigenvalue weighted by molar-refractivity contribution is -0.121. The van der Waals surface area contributed by atoms with Crippen molar-refractivity contribution in [1.29, 1.82) is 0 Å². The average molecular weight is 390 g/mol. The second kappa shape index (κ2) is 7.48. The lowest BCUT2D eigenvalue weighted by Crippen LogP contribution is -2.42. The van der Waals surface area contributed by atoms with E-state index < -0.39 is 27.5 Å². The summed E-state index contributed by atoms with van der Waals surface area (Å²) in [5, 5.41) is 0. The van der Waals surface area contributed by atoms with Gasteiger partial charge in [-0.25, -0.2) is 12.8 Å². The summed E-state index contributed by atoms with van der Waals surface area (Å²) in [6.45, 7) is 1.74. The average Bonchev–Trinajstić information content (AvgIpc) is 2.61. The molecule has 1 unspecified atom stereocenters. The number of nitrogens with one attached hydrogen (secondary N) is 1. The van der Waals surface area contributed by atoms with Crippen LogP contribution in [0.3, 0.4) is 0 Å². The van der Waals surface area contributed by atoms with Crippen molar-refractivity contribution in [1.82, 2.24) is 0 Å². The number of rotatable bonds is 5. The van der Waals surface area contributed by atoms with E-state index >= 15 is 0 Å². The number of amides is 1. The number of nitrogens with zero attached hydrogens (tertiary/aromatic N) is 1. The summed E-state index contributed by atoms with van der Waals surface area (Å²) >= 11 is 0. The molecule has 0 saturated heterocycles. The van der Waals surface area contributed by atoms with Gasteiger partial charge in [0.2, 0.25) is 15.9 Å². The second-order valence-corrected chi connectivity index (χ2v) is 8.24. The maximum atomic E-state index is 13.2. The molecule has 6 nitrogen and oxygen atoms in total. The summed E-state index contributed by atoms with van der Waals surface area (Å²) in [7, 11) is -3.85. The number of carbonyl (C=O) groups excluding carboxylic acids is 2. The Labute approximate surface area is 157 Å². The lowest BCUT2D eigenvalue weighted by atomic mass is 9.99. The highest BCUT2D eigenvalue weighted by molar-refractivity contribution is 7.92. The number of fused-ring (bicyclic) bond motifs is 1. The van der Waals surface area contributed by atoms with Crippen LogP contribution >= 0.6 is 0 Å². The van der Waals surface area contributed by atoms with Crippen LogP contribution in [-0.2, 0) is 14.8 Å². The third kappa shape index (κ3) is 4.33. The van der Waals surface area contributed by atoms with E-state index in [1.807, 2.05) is 0 Å². The van der Waals surface area contributed by atoms with Gasteiger partial charge in [0.1, 0.15) is 5.82 Å². The van der Waals surface area contributed by atoms with Crippen molar-refractivity contribution >= 4 is 33.1 Å². The van der Waals surface area contributed by atoms with Crippen molar-refractivity contribution in [2.75, 3.05) is 21.9 Å². The number of anilines is 2. The Bertz CT molecular complexity index is 991. The van der Waals surface area contributed by atoms with E-state index in [4.69, 9.17) is 0 Å². The predicted molar refractivity (Wildman–Crippen MR) is 101 cm³/mol. The topological polar surface area (TPSA) is 83.6 Å². The number of hydrogen-bond acceptors (Lipinski definition) is 4. The molecule has 1 aliphatic rings. The number of para-hydroxylation sites is 1.